The maximum atomic E-state index is 11.6. The molecule has 0 fully saturated rings. The minimum atomic E-state index is -0.528. The van der Waals surface area contributed by atoms with Crippen LogP contribution in [0.25, 0.3) is 0 Å². The summed E-state index contributed by atoms with van der Waals surface area (Å²) in [5.41, 5.74) is 11.2. The standard InChI is InChI=1S/C10H17N5O2/c1-2-3-8(11)10(17)14-7-4-13-15(5-7)6-9(12)16/h4-5,8H,2-3,6,11H2,1H3,(H2,12,16)(H,14,17). The summed E-state index contributed by atoms with van der Waals surface area (Å²) < 4.78 is 1.35. The fourth-order valence-electron chi connectivity index (χ4n) is 1.35. The second-order valence-corrected chi connectivity index (χ2v) is 3.78. The van der Waals surface area contributed by atoms with E-state index in [0.717, 1.165) is 6.42 Å². The molecule has 7 heteroatoms. The van der Waals surface area contributed by atoms with Gasteiger partial charge < -0.3 is 16.8 Å². The molecule has 0 radical (unpaired) electrons. The van der Waals surface area contributed by atoms with Crippen molar-refractivity contribution in [2.24, 2.45) is 11.5 Å². The molecule has 2 amide bonds. The highest BCUT2D eigenvalue weighted by molar-refractivity contribution is 5.94. The predicted molar refractivity (Wildman–Crippen MR) is 62.9 cm³/mol. The van der Waals surface area contributed by atoms with Crippen LogP contribution in [0.3, 0.4) is 0 Å². The maximum absolute atomic E-state index is 11.6. The van der Waals surface area contributed by atoms with E-state index in [1.807, 2.05) is 6.92 Å². The van der Waals surface area contributed by atoms with E-state index in [9.17, 15) is 9.59 Å². The minimum absolute atomic E-state index is 0.0170. The summed E-state index contributed by atoms with van der Waals surface area (Å²) in [4.78, 5) is 22.2. The van der Waals surface area contributed by atoms with Crippen LogP contribution < -0.4 is 16.8 Å². The van der Waals surface area contributed by atoms with Gasteiger partial charge in [-0.3, -0.25) is 14.3 Å². The monoisotopic (exact) mass is 239 g/mol. The average molecular weight is 239 g/mol. The Hall–Kier alpha value is -1.89. The molecule has 0 saturated carbocycles. The summed E-state index contributed by atoms with van der Waals surface area (Å²) in [5.74, 6) is -0.751. The van der Waals surface area contributed by atoms with E-state index >= 15 is 0 Å². The number of primary amides is 1. The minimum Gasteiger partial charge on any atom is -0.368 e. The van der Waals surface area contributed by atoms with Gasteiger partial charge in [0.2, 0.25) is 11.8 Å². The molecule has 1 heterocycles. The molecule has 0 spiro atoms. The Balaban J connectivity index is 2.54. The molecule has 7 nitrogen and oxygen atoms in total. The van der Waals surface area contributed by atoms with Gasteiger partial charge in [0.05, 0.1) is 17.9 Å². The van der Waals surface area contributed by atoms with Gasteiger partial charge >= 0.3 is 0 Å². The van der Waals surface area contributed by atoms with Crippen molar-refractivity contribution in [3.8, 4) is 0 Å². The van der Waals surface area contributed by atoms with E-state index in [4.69, 9.17) is 11.5 Å². The fraction of sp³-hybridized carbons (Fsp3) is 0.500. The van der Waals surface area contributed by atoms with Crippen LogP contribution in [0.4, 0.5) is 5.69 Å². The summed E-state index contributed by atoms with van der Waals surface area (Å²) in [7, 11) is 0. The summed E-state index contributed by atoms with van der Waals surface area (Å²) in [6.07, 6.45) is 4.44. The molecule has 0 saturated heterocycles. The van der Waals surface area contributed by atoms with Crippen molar-refractivity contribution in [2.75, 3.05) is 5.32 Å². The van der Waals surface area contributed by atoms with Crippen molar-refractivity contribution < 1.29 is 9.59 Å². The maximum Gasteiger partial charge on any atom is 0.241 e. The Morgan fingerprint density at radius 2 is 2.29 bits per heavy atom. The molecule has 0 aliphatic heterocycles. The van der Waals surface area contributed by atoms with Gasteiger partial charge in [-0.15, -0.1) is 0 Å². The van der Waals surface area contributed by atoms with Crippen molar-refractivity contribution in [3.63, 3.8) is 0 Å². The van der Waals surface area contributed by atoms with Gasteiger partial charge in [-0.1, -0.05) is 13.3 Å². The van der Waals surface area contributed by atoms with Gasteiger partial charge in [-0.2, -0.15) is 5.10 Å². The van der Waals surface area contributed by atoms with Crippen molar-refractivity contribution >= 4 is 17.5 Å². The topological polar surface area (TPSA) is 116 Å². The SMILES string of the molecule is CCCC(N)C(=O)Nc1cnn(CC(N)=O)c1. The molecule has 94 valence electrons. The van der Waals surface area contributed by atoms with Crippen LogP contribution in [0.1, 0.15) is 19.8 Å². The van der Waals surface area contributed by atoms with Crippen molar-refractivity contribution in [3.05, 3.63) is 12.4 Å². The smallest absolute Gasteiger partial charge is 0.241 e. The van der Waals surface area contributed by atoms with Crippen molar-refractivity contribution in [1.82, 2.24) is 9.78 Å². The van der Waals surface area contributed by atoms with E-state index < -0.39 is 11.9 Å². The molecule has 5 N–H and O–H groups in total. The molecular weight excluding hydrogens is 222 g/mol. The quantitative estimate of drug-likeness (QED) is 0.616. The Labute approximate surface area is 99.1 Å². The van der Waals surface area contributed by atoms with Crippen molar-refractivity contribution in [2.45, 2.75) is 32.4 Å². The highest BCUT2D eigenvalue weighted by Crippen LogP contribution is 2.06. The number of anilines is 1. The molecule has 17 heavy (non-hydrogen) atoms. The molecule has 0 aliphatic carbocycles. The molecule has 1 unspecified atom stereocenters. The number of amides is 2. The van der Waals surface area contributed by atoms with E-state index in [1.54, 1.807) is 0 Å². The van der Waals surface area contributed by atoms with Crippen LogP contribution in [0.5, 0.6) is 0 Å². The number of nitrogens with one attached hydrogen (secondary N) is 1. The lowest BCUT2D eigenvalue weighted by atomic mass is 10.2. The second-order valence-electron chi connectivity index (χ2n) is 3.78. The van der Waals surface area contributed by atoms with Gasteiger partial charge in [-0.05, 0) is 6.42 Å². The number of carbonyl (C=O) groups is 2. The second kappa shape index (κ2) is 6.00. The Kier molecular flexibility index (Phi) is 4.65. The van der Waals surface area contributed by atoms with E-state index in [0.29, 0.717) is 12.1 Å². The van der Waals surface area contributed by atoms with Crippen molar-refractivity contribution in [1.29, 1.82) is 0 Å². The number of nitrogens with zero attached hydrogens (tertiary/aromatic N) is 2. The first-order chi connectivity index (χ1) is 8.02. The van der Waals surface area contributed by atoms with Crippen LogP contribution in [0, 0.1) is 0 Å². The number of nitrogens with two attached hydrogens (primary N) is 2. The lowest BCUT2D eigenvalue weighted by Crippen LogP contribution is -2.35. The molecule has 1 aromatic rings. The first-order valence-corrected chi connectivity index (χ1v) is 5.40. The molecule has 1 rings (SSSR count). The average Bonchev–Trinajstić information content (AvgIpc) is 2.64. The number of carbonyl (C=O) groups excluding carboxylic acids is 2. The summed E-state index contributed by atoms with van der Waals surface area (Å²) >= 11 is 0. The Morgan fingerprint density at radius 1 is 1.59 bits per heavy atom. The molecule has 1 atom stereocenters. The van der Waals surface area contributed by atoms with Crippen LogP contribution in [-0.4, -0.2) is 27.6 Å². The molecule has 1 aromatic heterocycles. The highest BCUT2D eigenvalue weighted by atomic mass is 16.2. The van der Waals surface area contributed by atoms with E-state index in [2.05, 4.69) is 10.4 Å². The number of hydrogen-bond donors (Lipinski definition) is 3. The van der Waals surface area contributed by atoms with Gasteiger partial charge in [0, 0.05) is 6.20 Å². The third-order valence-corrected chi connectivity index (χ3v) is 2.16. The van der Waals surface area contributed by atoms with E-state index in [1.165, 1.54) is 17.1 Å². The Morgan fingerprint density at radius 3 is 2.88 bits per heavy atom. The summed E-state index contributed by atoms with van der Waals surface area (Å²) in [5, 5.41) is 6.50. The first kappa shape index (κ1) is 13.2. The lowest BCUT2D eigenvalue weighted by Gasteiger charge is -2.09. The van der Waals surface area contributed by atoms with Gasteiger partial charge in [0.15, 0.2) is 0 Å². The zero-order valence-electron chi connectivity index (χ0n) is 9.72. The summed E-state index contributed by atoms with van der Waals surface area (Å²) in [6, 6.07) is -0.528. The van der Waals surface area contributed by atoms with Gasteiger partial charge in [0.25, 0.3) is 0 Å². The molecule has 0 aliphatic rings. The zero-order chi connectivity index (χ0) is 12.8. The third kappa shape index (κ3) is 4.23. The number of hydrogen-bond acceptors (Lipinski definition) is 4. The van der Waals surface area contributed by atoms with Gasteiger partial charge in [0.1, 0.15) is 6.54 Å². The van der Waals surface area contributed by atoms with Crippen LogP contribution in [-0.2, 0) is 16.1 Å². The highest BCUT2D eigenvalue weighted by Gasteiger charge is 2.13. The number of aromatic nitrogens is 2. The predicted octanol–water partition coefficient (Wildman–Crippen LogP) is -0.566. The molecular formula is C10H17N5O2. The summed E-state index contributed by atoms with van der Waals surface area (Å²) in [6.45, 7) is 1.94. The van der Waals surface area contributed by atoms with Crippen LogP contribution >= 0.6 is 0 Å². The van der Waals surface area contributed by atoms with Crippen LogP contribution in [0.2, 0.25) is 0 Å². The molecule has 0 bridgehead atoms. The number of rotatable bonds is 6. The molecule has 0 aromatic carbocycles. The van der Waals surface area contributed by atoms with Crippen LogP contribution in [0.15, 0.2) is 12.4 Å². The lowest BCUT2D eigenvalue weighted by molar-refractivity contribution is -0.119. The normalized spacial score (nSPS) is 12.1. The zero-order valence-corrected chi connectivity index (χ0v) is 9.72. The van der Waals surface area contributed by atoms with Gasteiger partial charge in [-0.25, -0.2) is 0 Å². The Bertz CT molecular complexity index is 401. The largest absolute Gasteiger partial charge is 0.368 e. The van der Waals surface area contributed by atoms with E-state index in [-0.39, 0.29) is 12.5 Å². The third-order valence-electron chi connectivity index (χ3n) is 2.16. The fourth-order valence-corrected chi connectivity index (χ4v) is 1.35. The first-order valence-electron chi connectivity index (χ1n) is 5.40.